The van der Waals surface area contributed by atoms with Crippen molar-refractivity contribution in [3.05, 3.63) is 0 Å². The van der Waals surface area contributed by atoms with E-state index < -0.39 is 8.07 Å². The molecule has 0 rings (SSSR count). The molecule has 15 heavy (non-hydrogen) atoms. The SMILES string of the molecule is CCCCC[Si](C(C)C)(C(C)C)C(C)C. The first-order chi connectivity index (χ1) is 6.89. The van der Waals surface area contributed by atoms with Gasteiger partial charge in [-0.3, -0.25) is 0 Å². The second-order valence-corrected chi connectivity index (χ2v) is 12.2. The second-order valence-electron chi connectivity index (χ2n) is 6.03. The first-order valence-electron chi connectivity index (χ1n) is 6.89. The fraction of sp³-hybridized carbons (Fsp3) is 1.00. The Kier molecular flexibility index (Phi) is 6.82. The highest BCUT2D eigenvalue weighted by atomic mass is 28.3. The van der Waals surface area contributed by atoms with E-state index in [0.717, 1.165) is 16.6 Å². The van der Waals surface area contributed by atoms with Gasteiger partial charge in [0.05, 0.1) is 8.07 Å². The summed E-state index contributed by atoms with van der Waals surface area (Å²) in [5.41, 5.74) is 2.82. The molecule has 0 aromatic carbocycles. The minimum atomic E-state index is -1.06. The van der Waals surface area contributed by atoms with E-state index in [1.54, 1.807) is 6.04 Å². The summed E-state index contributed by atoms with van der Waals surface area (Å²) < 4.78 is 0. The third-order valence-corrected chi connectivity index (χ3v) is 12.1. The second kappa shape index (κ2) is 6.73. The van der Waals surface area contributed by atoms with Crippen molar-refractivity contribution >= 4 is 8.07 Å². The Labute approximate surface area is 98.9 Å². The van der Waals surface area contributed by atoms with Gasteiger partial charge in [0.2, 0.25) is 0 Å². The van der Waals surface area contributed by atoms with Crippen LogP contribution in [0.1, 0.15) is 67.7 Å². The number of unbranched alkanes of at least 4 members (excludes halogenated alkanes) is 2. The average molecular weight is 228 g/mol. The normalized spacial score (nSPS) is 13.2. The summed E-state index contributed by atoms with van der Waals surface area (Å²) in [4.78, 5) is 0. The number of hydrogen-bond acceptors (Lipinski definition) is 0. The van der Waals surface area contributed by atoms with Gasteiger partial charge in [0.25, 0.3) is 0 Å². The monoisotopic (exact) mass is 228 g/mol. The maximum Gasteiger partial charge on any atom is 0.0612 e. The Bertz CT molecular complexity index is 137. The van der Waals surface area contributed by atoms with E-state index in [4.69, 9.17) is 0 Å². The minimum absolute atomic E-state index is 0.939. The average Bonchev–Trinajstić information content (AvgIpc) is 2.10. The zero-order valence-electron chi connectivity index (χ0n) is 12.1. The first-order valence-corrected chi connectivity index (χ1v) is 9.33. The smallest absolute Gasteiger partial charge is 0.0612 e. The highest BCUT2D eigenvalue weighted by Gasteiger charge is 2.41. The fourth-order valence-corrected chi connectivity index (χ4v) is 10.1. The molecule has 0 unspecified atom stereocenters. The van der Waals surface area contributed by atoms with Gasteiger partial charge in [0.15, 0.2) is 0 Å². The minimum Gasteiger partial charge on any atom is -0.0654 e. The summed E-state index contributed by atoms with van der Waals surface area (Å²) >= 11 is 0. The molecule has 0 atom stereocenters. The van der Waals surface area contributed by atoms with E-state index in [2.05, 4.69) is 48.5 Å². The van der Waals surface area contributed by atoms with Gasteiger partial charge in [-0.15, -0.1) is 0 Å². The molecule has 92 valence electrons. The molecule has 0 radical (unpaired) electrons. The zero-order chi connectivity index (χ0) is 12.1. The molecule has 0 aliphatic carbocycles. The van der Waals surface area contributed by atoms with Crippen LogP contribution in [0.4, 0.5) is 0 Å². The van der Waals surface area contributed by atoms with Crippen molar-refractivity contribution in [2.75, 3.05) is 0 Å². The van der Waals surface area contributed by atoms with Crippen LogP contribution >= 0.6 is 0 Å². The van der Waals surface area contributed by atoms with E-state index in [0.29, 0.717) is 0 Å². The summed E-state index contributed by atoms with van der Waals surface area (Å²) in [6.07, 6.45) is 4.26. The van der Waals surface area contributed by atoms with E-state index in [9.17, 15) is 0 Å². The maximum absolute atomic E-state index is 2.47. The van der Waals surface area contributed by atoms with Crippen LogP contribution in [0.15, 0.2) is 0 Å². The summed E-state index contributed by atoms with van der Waals surface area (Å²) in [5, 5.41) is 0. The van der Waals surface area contributed by atoms with Crippen LogP contribution < -0.4 is 0 Å². The third kappa shape index (κ3) is 3.62. The van der Waals surface area contributed by atoms with E-state index >= 15 is 0 Å². The predicted octanol–water partition coefficient (Wildman–Crippen LogP) is 5.86. The van der Waals surface area contributed by atoms with Crippen molar-refractivity contribution < 1.29 is 0 Å². The molecule has 0 aliphatic rings. The molecule has 0 spiro atoms. The van der Waals surface area contributed by atoms with Crippen LogP contribution in [0, 0.1) is 0 Å². The van der Waals surface area contributed by atoms with E-state index in [-0.39, 0.29) is 0 Å². The Morgan fingerprint density at radius 2 is 1.13 bits per heavy atom. The molecular formula is C14H32Si. The van der Waals surface area contributed by atoms with Crippen molar-refractivity contribution in [2.45, 2.75) is 90.4 Å². The highest BCUT2D eigenvalue weighted by molar-refractivity contribution is 6.83. The van der Waals surface area contributed by atoms with Crippen molar-refractivity contribution in [1.29, 1.82) is 0 Å². The van der Waals surface area contributed by atoms with Gasteiger partial charge in [0.1, 0.15) is 0 Å². The molecule has 0 heterocycles. The quantitative estimate of drug-likeness (QED) is 0.378. The number of hydrogen-bond donors (Lipinski definition) is 0. The molecule has 0 aromatic rings. The zero-order valence-corrected chi connectivity index (χ0v) is 13.1. The van der Waals surface area contributed by atoms with Crippen molar-refractivity contribution in [3.8, 4) is 0 Å². The molecule has 0 aliphatic heterocycles. The predicted molar refractivity (Wildman–Crippen MR) is 75.4 cm³/mol. The molecule has 0 N–H and O–H groups in total. The van der Waals surface area contributed by atoms with Gasteiger partial charge < -0.3 is 0 Å². The number of rotatable bonds is 7. The van der Waals surface area contributed by atoms with Crippen LogP contribution in [0.5, 0.6) is 0 Å². The summed E-state index contributed by atoms with van der Waals surface area (Å²) in [5.74, 6) is 0. The molecule has 0 saturated carbocycles. The Morgan fingerprint density at radius 1 is 0.733 bits per heavy atom. The molecule has 0 amide bonds. The van der Waals surface area contributed by atoms with Gasteiger partial charge in [-0.05, 0) is 0 Å². The lowest BCUT2D eigenvalue weighted by Crippen LogP contribution is -2.44. The summed E-state index contributed by atoms with van der Waals surface area (Å²) in [6.45, 7) is 17.1. The third-order valence-electron chi connectivity index (χ3n) is 4.44. The maximum atomic E-state index is 2.47. The van der Waals surface area contributed by atoms with Gasteiger partial charge in [-0.25, -0.2) is 0 Å². The van der Waals surface area contributed by atoms with Crippen LogP contribution in [0.3, 0.4) is 0 Å². The van der Waals surface area contributed by atoms with Crippen molar-refractivity contribution in [2.24, 2.45) is 0 Å². The largest absolute Gasteiger partial charge is 0.0654 e. The van der Waals surface area contributed by atoms with E-state index in [1.165, 1.54) is 19.3 Å². The first kappa shape index (κ1) is 15.2. The molecule has 0 nitrogen and oxygen atoms in total. The van der Waals surface area contributed by atoms with Gasteiger partial charge in [-0.1, -0.05) is 90.4 Å². The molecule has 0 fully saturated rings. The molecule has 0 saturated heterocycles. The van der Waals surface area contributed by atoms with Gasteiger partial charge in [-0.2, -0.15) is 0 Å². The lowest BCUT2D eigenvalue weighted by molar-refractivity contribution is 0.718. The Hall–Kier alpha value is 0.217. The summed E-state index contributed by atoms with van der Waals surface area (Å²) in [6, 6.07) is 1.55. The summed E-state index contributed by atoms with van der Waals surface area (Å²) in [7, 11) is -1.06. The highest BCUT2D eigenvalue weighted by Crippen LogP contribution is 2.45. The molecular weight excluding hydrogens is 196 g/mol. The molecule has 1 heteroatoms. The lowest BCUT2D eigenvalue weighted by Gasteiger charge is -2.43. The van der Waals surface area contributed by atoms with Crippen molar-refractivity contribution in [1.82, 2.24) is 0 Å². The van der Waals surface area contributed by atoms with E-state index in [1.807, 2.05) is 0 Å². The molecule has 0 bridgehead atoms. The van der Waals surface area contributed by atoms with Gasteiger partial charge in [0, 0.05) is 0 Å². The molecule has 0 aromatic heterocycles. The fourth-order valence-electron chi connectivity index (χ4n) is 3.55. The van der Waals surface area contributed by atoms with Gasteiger partial charge >= 0.3 is 0 Å². The van der Waals surface area contributed by atoms with Crippen LogP contribution in [0.25, 0.3) is 0 Å². The Morgan fingerprint density at radius 3 is 1.40 bits per heavy atom. The van der Waals surface area contributed by atoms with Crippen LogP contribution in [-0.2, 0) is 0 Å². The standard InChI is InChI=1S/C14H32Si/c1-8-9-10-11-15(12(2)3,13(4)5)14(6)7/h12-14H,8-11H2,1-7H3. The van der Waals surface area contributed by atoms with Crippen LogP contribution in [0.2, 0.25) is 22.7 Å². The van der Waals surface area contributed by atoms with Crippen LogP contribution in [-0.4, -0.2) is 8.07 Å². The Balaban J connectivity index is 4.65. The topological polar surface area (TPSA) is 0 Å². The lowest BCUT2D eigenvalue weighted by atomic mass is 10.3. The van der Waals surface area contributed by atoms with Crippen molar-refractivity contribution in [3.63, 3.8) is 0 Å².